The Balaban J connectivity index is 1.73. The zero-order valence-electron chi connectivity index (χ0n) is 8.61. The lowest BCUT2D eigenvalue weighted by molar-refractivity contribution is -0.0293. The minimum atomic E-state index is 0.0629. The third-order valence-corrected chi connectivity index (χ3v) is 3.03. The Bertz CT molecular complexity index is 347. The molecule has 2 aliphatic heterocycles. The van der Waals surface area contributed by atoms with Crippen molar-refractivity contribution in [2.24, 2.45) is 0 Å². The normalized spacial score (nSPS) is 29.3. The zero-order chi connectivity index (χ0) is 10.1. The van der Waals surface area contributed by atoms with Gasteiger partial charge in [0.25, 0.3) is 0 Å². The van der Waals surface area contributed by atoms with Crippen LogP contribution < -0.4 is 5.32 Å². The topological polar surface area (TPSA) is 30.5 Å². The summed E-state index contributed by atoms with van der Waals surface area (Å²) in [5, 5.41) is 3.37. The Hall–Kier alpha value is -0.900. The minimum absolute atomic E-state index is 0.0629. The summed E-state index contributed by atoms with van der Waals surface area (Å²) in [6.45, 7) is 2.48. The third-order valence-electron chi connectivity index (χ3n) is 3.03. The van der Waals surface area contributed by atoms with Crippen molar-refractivity contribution in [2.45, 2.75) is 25.3 Å². The van der Waals surface area contributed by atoms with Crippen molar-refractivity contribution < 1.29 is 9.47 Å². The molecule has 0 amide bonds. The summed E-state index contributed by atoms with van der Waals surface area (Å²) < 4.78 is 11.3. The van der Waals surface area contributed by atoms with Crippen molar-refractivity contribution in [3.8, 4) is 0 Å². The van der Waals surface area contributed by atoms with Gasteiger partial charge in [0.15, 0.2) is 0 Å². The van der Waals surface area contributed by atoms with Gasteiger partial charge >= 0.3 is 0 Å². The van der Waals surface area contributed by atoms with Gasteiger partial charge in [0.05, 0.1) is 12.7 Å². The van der Waals surface area contributed by atoms with Crippen molar-refractivity contribution in [1.29, 1.82) is 0 Å². The number of fused-ring (bicyclic) bond motifs is 1. The predicted molar refractivity (Wildman–Crippen MR) is 56.3 cm³/mol. The highest BCUT2D eigenvalue weighted by Crippen LogP contribution is 2.28. The van der Waals surface area contributed by atoms with E-state index in [4.69, 9.17) is 9.47 Å². The molecule has 3 heteroatoms. The van der Waals surface area contributed by atoms with Crippen LogP contribution in [-0.4, -0.2) is 19.3 Å². The summed E-state index contributed by atoms with van der Waals surface area (Å²) in [7, 11) is 0. The van der Waals surface area contributed by atoms with E-state index in [1.54, 1.807) is 0 Å². The van der Waals surface area contributed by atoms with Crippen LogP contribution in [0.1, 0.15) is 23.8 Å². The second-order valence-corrected chi connectivity index (χ2v) is 4.08. The molecule has 1 unspecified atom stereocenters. The summed E-state index contributed by atoms with van der Waals surface area (Å²) in [4.78, 5) is 0. The van der Waals surface area contributed by atoms with Gasteiger partial charge in [-0.3, -0.25) is 5.32 Å². The molecule has 0 spiro atoms. The predicted octanol–water partition coefficient (Wildman–Crippen LogP) is 1.59. The maximum Gasteiger partial charge on any atom is 0.135 e. The first-order valence-corrected chi connectivity index (χ1v) is 5.48. The van der Waals surface area contributed by atoms with Crippen LogP contribution in [0.15, 0.2) is 24.3 Å². The number of ether oxygens (including phenoxy) is 2. The van der Waals surface area contributed by atoms with E-state index in [1.807, 2.05) is 0 Å². The second kappa shape index (κ2) is 3.93. The molecular formula is C12H15NO2. The van der Waals surface area contributed by atoms with E-state index in [9.17, 15) is 0 Å². The van der Waals surface area contributed by atoms with Crippen molar-refractivity contribution >= 4 is 0 Å². The molecule has 1 saturated heterocycles. The van der Waals surface area contributed by atoms with Crippen molar-refractivity contribution in [2.75, 3.05) is 13.2 Å². The van der Waals surface area contributed by atoms with E-state index in [2.05, 4.69) is 29.6 Å². The molecule has 3 rings (SSSR count). The summed E-state index contributed by atoms with van der Waals surface area (Å²) >= 11 is 0. The highest BCUT2D eigenvalue weighted by Gasteiger charge is 2.26. The maximum absolute atomic E-state index is 5.96. The van der Waals surface area contributed by atoms with E-state index >= 15 is 0 Å². The second-order valence-electron chi connectivity index (χ2n) is 4.08. The number of hydrogen-bond donors (Lipinski definition) is 1. The average Bonchev–Trinajstić information content (AvgIpc) is 2.89. The smallest absolute Gasteiger partial charge is 0.135 e. The van der Waals surface area contributed by atoms with E-state index in [1.165, 1.54) is 11.1 Å². The first-order valence-electron chi connectivity index (χ1n) is 5.48. The lowest BCUT2D eigenvalue weighted by atomic mass is 10.1. The van der Waals surface area contributed by atoms with Crippen molar-refractivity contribution in [1.82, 2.24) is 5.32 Å². The lowest BCUT2D eigenvalue weighted by Crippen LogP contribution is -2.23. The van der Waals surface area contributed by atoms with E-state index in [0.717, 1.165) is 26.2 Å². The van der Waals surface area contributed by atoms with Crippen LogP contribution in [0.3, 0.4) is 0 Å². The molecule has 0 radical (unpaired) electrons. The molecule has 2 atom stereocenters. The zero-order valence-corrected chi connectivity index (χ0v) is 8.61. The van der Waals surface area contributed by atoms with Crippen molar-refractivity contribution in [3.05, 3.63) is 35.4 Å². The fourth-order valence-corrected chi connectivity index (χ4v) is 2.20. The number of rotatable bonds is 2. The van der Waals surface area contributed by atoms with Gasteiger partial charge in [-0.15, -0.1) is 0 Å². The molecule has 15 heavy (non-hydrogen) atoms. The van der Waals surface area contributed by atoms with Crippen LogP contribution in [0.2, 0.25) is 0 Å². The third kappa shape index (κ3) is 1.78. The molecule has 0 saturated carbocycles. The molecule has 1 aromatic carbocycles. The van der Waals surface area contributed by atoms with Crippen LogP contribution in [0.5, 0.6) is 0 Å². The molecule has 2 heterocycles. The molecule has 1 N–H and O–H groups in total. The number of nitrogens with one attached hydrogen (secondary N) is 1. The Morgan fingerprint density at radius 2 is 2.27 bits per heavy atom. The Kier molecular flexibility index (Phi) is 2.44. The molecule has 0 aromatic heterocycles. The SMILES string of the molecule is c1ccc2c(c1)CNC2O[C@@H]1CCOC1. The summed E-state index contributed by atoms with van der Waals surface area (Å²) in [6.07, 6.45) is 1.34. The van der Waals surface area contributed by atoms with E-state index < -0.39 is 0 Å². The summed E-state index contributed by atoms with van der Waals surface area (Å²) in [6, 6.07) is 8.42. The monoisotopic (exact) mass is 205 g/mol. The molecule has 3 nitrogen and oxygen atoms in total. The van der Waals surface area contributed by atoms with Gasteiger partial charge in [-0.1, -0.05) is 24.3 Å². The Morgan fingerprint density at radius 1 is 1.33 bits per heavy atom. The van der Waals surface area contributed by atoms with Crippen LogP contribution in [-0.2, 0) is 16.0 Å². The molecule has 0 bridgehead atoms. The first kappa shape index (κ1) is 9.33. The van der Waals surface area contributed by atoms with E-state index in [-0.39, 0.29) is 12.3 Å². The van der Waals surface area contributed by atoms with Crippen LogP contribution in [0.4, 0.5) is 0 Å². The minimum Gasteiger partial charge on any atom is -0.379 e. The molecule has 2 aliphatic rings. The van der Waals surface area contributed by atoms with Gasteiger partial charge in [0, 0.05) is 13.2 Å². The van der Waals surface area contributed by atoms with E-state index in [0.29, 0.717) is 0 Å². The first-order chi connectivity index (χ1) is 7.43. The van der Waals surface area contributed by atoms with Crippen molar-refractivity contribution in [3.63, 3.8) is 0 Å². The van der Waals surface area contributed by atoms with Crippen LogP contribution >= 0.6 is 0 Å². The fourth-order valence-electron chi connectivity index (χ4n) is 2.20. The lowest BCUT2D eigenvalue weighted by Gasteiger charge is -2.17. The standard InChI is InChI=1S/C12H15NO2/c1-2-4-11-9(3-1)7-13-12(11)15-10-5-6-14-8-10/h1-4,10,12-13H,5-8H2/t10-,12?/m1/s1. The highest BCUT2D eigenvalue weighted by molar-refractivity contribution is 5.32. The molecule has 1 aromatic rings. The quantitative estimate of drug-likeness (QED) is 0.795. The Labute approximate surface area is 89.4 Å². The maximum atomic E-state index is 5.96. The van der Waals surface area contributed by atoms with Gasteiger partial charge in [-0.2, -0.15) is 0 Å². The summed E-state index contributed by atoms with van der Waals surface area (Å²) in [5.74, 6) is 0. The fraction of sp³-hybridized carbons (Fsp3) is 0.500. The van der Waals surface area contributed by atoms with Gasteiger partial charge in [0.1, 0.15) is 6.23 Å². The van der Waals surface area contributed by atoms with Crippen LogP contribution in [0, 0.1) is 0 Å². The molecule has 0 aliphatic carbocycles. The van der Waals surface area contributed by atoms with Gasteiger partial charge < -0.3 is 9.47 Å². The number of hydrogen-bond acceptors (Lipinski definition) is 3. The van der Waals surface area contributed by atoms with Gasteiger partial charge in [-0.25, -0.2) is 0 Å². The molecule has 80 valence electrons. The Morgan fingerprint density at radius 3 is 3.13 bits per heavy atom. The average molecular weight is 205 g/mol. The summed E-state index contributed by atoms with van der Waals surface area (Å²) in [5.41, 5.74) is 2.63. The highest BCUT2D eigenvalue weighted by atomic mass is 16.6. The van der Waals surface area contributed by atoms with Gasteiger partial charge in [-0.05, 0) is 17.5 Å². The molecular weight excluding hydrogens is 190 g/mol. The largest absolute Gasteiger partial charge is 0.379 e. The number of benzene rings is 1. The van der Waals surface area contributed by atoms with Crippen LogP contribution in [0.25, 0.3) is 0 Å². The molecule has 1 fully saturated rings. The van der Waals surface area contributed by atoms with Gasteiger partial charge in [0.2, 0.25) is 0 Å².